The first-order valence-electron chi connectivity index (χ1n) is 7.77. The number of methoxy groups -OCH3 is 1. The summed E-state index contributed by atoms with van der Waals surface area (Å²) in [6.07, 6.45) is 1.18. The minimum atomic E-state index is -4.19. The summed E-state index contributed by atoms with van der Waals surface area (Å²) in [7, 11) is -2.79. The fraction of sp³-hybridized carbons (Fsp3) is 0.235. The summed E-state index contributed by atoms with van der Waals surface area (Å²) >= 11 is 0. The number of benzene rings is 2. The lowest BCUT2D eigenvalue weighted by Crippen LogP contribution is -2.24. The largest absolute Gasteiger partial charge is 0.494 e. The second kappa shape index (κ2) is 6.91. The summed E-state index contributed by atoms with van der Waals surface area (Å²) in [5, 5.41) is 0. The van der Waals surface area contributed by atoms with Crippen LogP contribution in [0, 0.1) is 11.6 Å². The number of amides is 1. The van der Waals surface area contributed by atoms with Crippen molar-refractivity contribution in [3.05, 3.63) is 48.0 Å². The molecule has 0 saturated carbocycles. The molecule has 2 aromatic carbocycles. The van der Waals surface area contributed by atoms with E-state index in [9.17, 15) is 22.0 Å². The monoisotopic (exact) mass is 382 g/mol. The molecule has 1 aliphatic rings. The predicted molar refractivity (Wildman–Crippen MR) is 91.7 cm³/mol. The molecule has 0 unspecified atom stereocenters. The van der Waals surface area contributed by atoms with Gasteiger partial charge in [-0.15, -0.1) is 0 Å². The van der Waals surface area contributed by atoms with Crippen LogP contribution >= 0.6 is 0 Å². The van der Waals surface area contributed by atoms with Crippen molar-refractivity contribution in [2.24, 2.45) is 0 Å². The van der Waals surface area contributed by atoms with Gasteiger partial charge in [-0.05, 0) is 30.7 Å². The first-order valence-corrected chi connectivity index (χ1v) is 9.26. The number of ether oxygens (including phenoxy) is 1. The number of sulfonamides is 1. The van der Waals surface area contributed by atoms with Crippen LogP contribution in [-0.4, -0.2) is 28.0 Å². The highest BCUT2D eigenvalue weighted by Gasteiger charge is 2.25. The van der Waals surface area contributed by atoms with Crippen molar-refractivity contribution in [1.29, 1.82) is 0 Å². The standard InChI is InChI=1S/C17H16F2N2O4S/c1-25-16-10-13(4-5-15(16)21-6-2-3-17(21)22)20-26(23,24)14-8-11(18)7-12(19)9-14/h4-5,7-10,20H,2-3,6H2,1H3. The van der Waals surface area contributed by atoms with Gasteiger partial charge < -0.3 is 9.64 Å². The maximum Gasteiger partial charge on any atom is 0.262 e. The highest BCUT2D eigenvalue weighted by molar-refractivity contribution is 7.92. The Morgan fingerprint density at radius 3 is 2.38 bits per heavy atom. The number of anilines is 2. The topological polar surface area (TPSA) is 75.7 Å². The lowest BCUT2D eigenvalue weighted by molar-refractivity contribution is -0.117. The summed E-state index contributed by atoms with van der Waals surface area (Å²) in [6, 6.07) is 6.46. The molecule has 9 heteroatoms. The first-order chi connectivity index (χ1) is 12.3. The van der Waals surface area contributed by atoms with Gasteiger partial charge in [0, 0.05) is 25.1 Å². The van der Waals surface area contributed by atoms with Gasteiger partial charge in [0.15, 0.2) is 0 Å². The van der Waals surface area contributed by atoms with Crippen LogP contribution in [0.4, 0.5) is 20.2 Å². The Morgan fingerprint density at radius 1 is 1.12 bits per heavy atom. The van der Waals surface area contributed by atoms with E-state index in [1.54, 1.807) is 11.0 Å². The molecule has 0 aromatic heterocycles. The van der Waals surface area contributed by atoms with E-state index in [1.807, 2.05) is 0 Å². The molecule has 1 saturated heterocycles. The molecule has 26 heavy (non-hydrogen) atoms. The Labute approximate surface area is 149 Å². The second-order valence-electron chi connectivity index (χ2n) is 5.75. The van der Waals surface area contributed by atoms with Crippen LogP contribution in [0.2, 0.25) is 0 Å². The Morgan fingerprint density at radius 2 is 1.81 bits per heavy atom. The van der Waals surface area contributed by atoms with E-state index in [0.29, 0.717) is 30.5 Å². The molecule has 6 nitrogen and oxygen atoms in total. The molecule has 2 aromatic rings. The number of rotatable bonds is 5. The first kappa shape index (κ1) is 18.1. The summed E-state index contributed by atoms with van der Waals surface area (Å²) in [4.78, 5) is 12.9. The maximum atomic E-state index is 13.3. The zero-order valence-electron chi connectivity index (χ0n) is 13.8. The van der Waals surface area contributed by atoms with Gasteiger partial charge in [-0.1, -0.05) is 0 Å². The van der Waals surface area contributed by atoms with Crippen LogP contribution < -0.4 is 14.4 Å². The molecule has 1 aliphatic heterocycles. The number of hydrogen-bond acceptors (Lipinski definition) is 4. The summed E-state index contributed by atoms with van der Waals surface area (Å²) in [6.45, 7) is 0.558. The molecule has 1 heterocycles. The third-order valence-electron chi connectivity index (χ3n) is 3.94. The zero-order chi connectivity index (χ0) is 18.9. The average Bonchev–Trinajstić information content (AvgIpc) is 2.99. The molecular formula is C17H16F2N2O4S. The number of carbonyl (C=O) groups is 1. The predicted octanol–water partition coefficient (Wildman–Crippen LogP) is 2.90. The fourth-order valence-electron chi connectivity index (χ4n) is 2.76. The van der Waals surface area contributed by atoms with E-state index in [0.717, 1.165) is 18.6 Å². The molecule has 3 rings (SSSR count). The van der Waals surface area contributed by atoms with Crippen molar-refractivity contribution in [2.45, 2.75) is 17.7 Å². The molecule has 0 spiro atoms. The molecule has 0 atom stereocenters. The molecule has 138 valence electrons. The lowest BCUT2D eigenvalue weighted by Gasteiger charge is -2.20. The van der Waals surface area contributed by atoms with Crippen LogP contribution in [0.5, 0.6) is 5.75 Å². The summed E-state index contributed by atoms with van der Waals surface area (Å²) in [5.41, 5.74) is 0.677. The van der Waals surface area contributed by atoms with Crippen LogP contribution in [0.1, 0.15) is 12.8 Å². The zero-order valence-corrected chi connectivity index (χ0v) is 14.6. The van der Waals surface area contributed by atoms with Gasteiger partial charge >= 0.3 is 0 Å². The van der Waals surface area contributed by atoms with Gasteiger partial charge in [0.05, 0.1) is 23.4 Å². The van der Waals surface area contributed by atoms with E-state index < -0.39 is 26.6 Å². The van der Waals surface area contributed by atoms with E-state index >= 15 is 0 Å². The maximum absolute atomic E-state index is 13.3. The molecule has 1 N–H and O–H groups in total. The van der Waals surface area contributed by atoms with Gasteiger partial charge in [-0.2, -0.15) is 0 Å². The molecular weight excluding hydrogens is 366 g/mol. The molecule has 0 bridgehead atoms. The number of nitrogens with zero attached hydrogens (tertiary/aromatic N) is 1. The average molecular weight is 382 g/mol. The van der Waals surface area contributed by atoms with Crippen LogP contribution in [-0.2, 0) is 14.8 Å². The Balaban J connectivity index is 1.91. The van der Waals surface area contributed by atoms with E-state index in [1.165, 1.54) is 19.2 Å². The van der Waals surface area contributed by atoms with Gasteiger partial charge in [-0.25, -0.2) is 17.2 Å². The SMILES string of the molecule is COc1cc(NS(=O)(=O)c2cc(F)cc(F)c2)ccc1N1CCCC1=O. The molecule has 1 fully saturated rings. The van der Waals surface area contributed by atoms with Crippen molar-refractivity contribution in [3.63, 3.8) is 0 Å². The van der Waals surface area contributed by atoms with Crippen molar-refractivity contribution in [1.82, 2.24) is 0 Å². The van der Waals surface area contributed by atoms with E-state index in [-0.39, 0.29) is 11.6 Å². The number of halogens is 2. The smallest absolute Gasteiger partial charge is 0.262 e. The van der Waals surface area contributed by atoms with E-state index in [4.69, 9.17) is 4.74 Å². The molecule has 0 aliphatic carbocycles. The van der Waals surface area contributed by atoms with Crippen molar-refractivity contribution < 1.29 is 26.7 Å². The van der Waals surface area contributed by atoms with Crippen molar-refractivity contribution in [2.75, 3.05) is 23.3 Å². The Kier molecular flexibility index (Phi) is 4.82. The van der Waals surface area contributed by atoms with Gasteiger partial charge in [0.25, 0.3) is 10.0 Å². The molecule has 1 amide bonds. The minimum absolute atomic E-state index is 0.0353. The summed E-state index contributed by atoms with van der Waals surface area (Å²) in [5.74, 6) is -1.71. The van der Waals surface area contributed by atoms with Crippen LogP contribution in [0.3, 0.4) is 0 Å². The van der Waals surface area contributed by atoms with Crippen molar-refractivity contribution in [3.8, 4) is 5.75 Å². The highest BCUT2D eigenvalue weighted by atomic mass is 32.2. The minimum Gasteiger partial charge on any atom is -0.494 e. The van der Waals surface area contributed by atoms with Gasteiger partial charge in [0.2, 0.25) is 5.91 Å². The van der Waals surface area contributed by atoms with Crippen LogP contribution in [0.15, 0.2) is 41.3 Å². The fourth-order valence-corrected chi connectivity index (χ4v) is 3.86. The lowest BCUT2D eigenvalue weighted by atomic mass is 10.2. The Bertz CT molecular complexity index is 943. The number of carbonyl (C=O) groups excluding carboxylic acids is 1. The quantitative estimate of drug-likeness (QED) is 0.863. The third kappa shape index (κ3) is 3.62. The third-order valence-corrected chi connectivity index (χ3v) is 5.30. The Hall–Kier alpha value is -2.68. The summed E-state index contributed by atoms with van der Waals surface area (Å²) < 4.78 is 58.8. The second-order valence-corrected chi connectivity index (χ2v) is 7.43. The van der Waals surface area contributed by atoms with Crippen molar-refractivity contribution >= 4 is 27.3 Å². The number of hydrogen-bond donors (Lipinski definition) is 1. The normalized spacial score (nSPS) is 14.6. The van der Waals surface area contributed by atoms with Gasteiger partial charge in [-0.3, -0.25) is 9.52 Å². The van der Waals surface area contributed by atoms with E-state index in [2.05, 4.69) is 4.72 Å². The molecule has 0 radical (unpaired) electrons. The van der Waals surface area contributed by atoms with Gasteiger partial charge in [0.1, 0.15) is 17.4 Å². The van der Waals surface area contributed by atoms with Crippen LogP contribution in [0.25, 0.3) is 0 Å². The number of nitrogens with one attached hydrogen (secondary N) is 1. The highest BCUT2D eigenvalue weighted by Crippen LogP contribution is 2.34.